The average Bonchev–Trinajstić information content (AvgIpc) is 3.24. The number of carbonyl (C=O) groups is 3. The SMILES string of the molecule is COc1ccc(C(=O)N2CCc3nc(NC(=O)Nc4ccccc4C(=O)NC(C)C)sc3C2)cc1. The van der Waals surface area contributed by atoms with Crippen molar-refractivity contribution in [1.29, 1.82) is 0 Å². The van der Waals surface area contributed by atoms with E-state index in [0.717, 1.165) is 10.6 Å². The van der Waals surface area contributed by atoms with Crippen molar-refractivity contribution < 1.29 is 19.1 Å². The highest BCUT2D eigenvalue weighted by Crippen LogP contribution is 2.29. The Balaban J connectivity index is 1.40. The lowest BCUT2D eigenvalue weighted by atomic mass is 10.1. The fourth-order valence-electron chi connectivity index (χ4n) is 3.72. The van der Waals surface area contributed by atoms with Crippen LogP contribution in [0, 0.1) is 0 Å². The van der Waals surface area contributed by atoms with E-state index in [1.54, 1.807) is 60.5 Å². The van der Waals surface area contributed by atoms with E-state index in [2.05, 4.69) is 20.9 Å². The van der Waals surface area contributed by atoms with Gasteiger partial charge in [-0.3, -0.25) is 14.9 Å². The molecular formula is C25H27N5O4S. The Morgan fingerprint density at radius 2 is 1.80 bits per heavy atom. The van der Waals surface area contributed by atoms with Crippen LogP contribution in [0.5, 0.6) is 5.75 Å². The summed E-state index contributed by atoms with van der Waals surface area (Å²) in [5.41, 5.74) is 2.25. The van der Waals surface area contributed by atoms with Crippen LogP contribution in [0.25, 0.3) is 0 Å². The number of nitrogens with one attached hydrogen (secondary N) is 3. The van der Waals surface area contributed by atoms with Gasteiger partial charge >= 0.3 is 6.03 Å². The molecule has 10 heteroatoms. The summed E-state index contributed by atoms with van der Waals surface area (Å²) < 4.78 is 5.16. The van der Waals surface area contributed by atoms with E-state index in [9.17, 15) is 14.4 Å². The first-order valence-electron chi connectivity index (χ1n) is 11.2. The summed E-state index contributed by atoms with van der Waals surface area (Å²) in [5, 5.41) is 8.75. The standard InChI is InChI=1S/C25H27N5O4S/c1-15(2)26-22(31)18-6-4-5-7-19(18)27-24(33)29-25-28-20-12-13-30(14-21(20)35-25)23(32)16-8-10-17(34-3)11-9-16/h4-11,15H,12-14H2,1-3H3,(H,26,31)(H2,27,28,29,33). The van der Waals surface area contributed by atoms with Gasteiger partial charge in [-0.2, -0.15) is 0 Å². The lowest BCUT2D eigenvalue weighted by Crippen LogP contribution is -2.35. The summed E-state index contributed by atoms with van der Waals surface area (Å²) in [6, 6.07) is 13.3. The zero-order valence-corrected chi connectivity index (χ0v) is 20.6. The van der Waals surface area contributed by atoms with Crippen molar-refractivity contribution in [3.8, 4) is 5.75 Å². The van der Waals surface area contributed by atoms with Gasteiger partial charge in [0.05, 0.1) is 30.6 Å². The summed E-state index contributed by atoms with van der Waals surface area (Å²) in [6.07, 6.45) is 0.606. The molecule has 4 amide bonds. The van der Waals surface area contributed by atoms with E-state index < -0.39 is 6.03 Å². The van der Waals surface area contributed by atoms with Crippen LogP contribution in [0.3, 0.4) is 0 Å². The van der Waals surface area contributed by atoms with Crippen LogP contribution in [-0.2, 0) is 13.0 Å². The monoisotopic (exact) mass is 493 g/mol. The zero-order valence-electron chi connectivity index (χ0n) is 19.8. The second-order valence-electron chi connectivity index (χ2n) is 8.35. The molecule has 1 aliphatic heterocycles. The third-order valence-electron chi connectivity index (χ3n) is 5.42. The van der Waals surface area contributed by atoms with Crippen molar-refractivity contribution in [1.82, 2.24) is 15.2 Å². The first-order chi connectivity index (χ1) is 16.8. The van der Waals surface area contributed by atoms with Gasteiger partial charge in [0.1, 0.15) is 5.75 Å². The van der Waals surface area contributed by atoms with Crippen molar-refractivity contribution in [3.63, 3.8) is 0 Å². The Morgan fingerprint density at radius 3 is 2.51 bits per heavy atom. The van der Waals surface area contributed by atoms with Gasteiger partial charge in [-0.05, 0) is 50.2 Å². The fraction of sp³-hybridized carbons (Fsp3) is 0.280. The molecule has 0 saturated heterocycles. The number of aromatic nitrogens is 1. The zero-order chi connectivity index (χ0) is 24.9. The van der Waals surface area contributed by atoms with Gasteiger partial charge in [0.2, 0.25) is 0 Å². The van der Waals surface area contributed by atoms with E-state index in [4.69, 9.17) is 4.74 Å². The lowest BCUT2D eigenvalue weighted by molar-refractivity contribution is 0.0736. The molecule has 2 aromatic carbocycles. The third-order valence-corrected chi connectivity index (χ3v) is 6.41. The number of urea groups is 1. The number of thiazole rings is 1. The molecule has 0 bridgehead atoms. The Kier molecular flexibility index (Phi) is 7.31. The van der Waals surface area contributed by atoms with E-state index in [1.165, 1.54) is 11.3 Å². The van der Waals surface area contributed by atoms with Crippen LogP contribution < -0.4 is 20.7 Å². The van der Waals surface area contributed by atoms with Gasteiger partial charge in [-0.1, -0.05) is 23.5 Å². The predicted molar refractivity (Wildman–Crippen MR) is 135 cm³/mol. The molecule has 0 fully saturated rings. The molecule has 3 N–H and O–H groups in total. The van der Waals surface area contributed by atoms with Crippen LogP contribution >= 0.6 is 11.3 Å². The summed E-state index contributed by atoms with van der Waals surface area (Å²) in [4.78, 5) is 45.2. The molecule has 0 atom stereocenters. The normalized spacial score (nSPS) is 12.6. The fourth-order valence-corrected chi connectivity index (χ4v) is 4.74. The predicted octanol–water partition coefficient (Wildman–Crippen LogP) is 4.13. The molecule has 0 aliphatic carbocycles. The molecular weight excluding hydrogens is 466 g/mol. The number of fused-ring (bicyclic) bond motifs is 1. The van der Waals surface area contributed by atoms with Crippen LogP contribution in [0.15, 0.2) is 48.5 Å². The molecule has 0 unspecified atom stereocenters. The molecule has 0 saturated carbocycles. The molecule has 1 aromatic heterocycles. The van der Waals surface area contributed by atoms with Gasteiger partial charge in [-0.25, -0.2) is 9.78 Å². The highest BCUT2D eigenvalue weighted by Gasteiger charge is 2.25. The summed E-state index contributed by atoms with van der Waals surface area (Å²) in [5.74, 6) is 0.375. The van der Waals surface area contributed by atoms with Crippen molar-refractivity contribution in [2.45, 2.75) is 32.9 Å². The maximum Gasteiger partial charge on any atom is 0.325 e. The smallest absolute Gasteiger partial charge is 0.325 e. The molecule has 2 heterocycles. The Bertz CT molecular complexity index is 1240. The van der Waals surface area contributed by atoms with Gasteiger partial charge < -0.3 is 20.3 Å². The number of amides is 4. The van der Waals surface area contributed by atoms with Gasteiger partial charge in [-0.15, -0.1) is 0 Å². The highest BCUT2D eigenvalue weighted by molar-refractivity contribution is 7.15. The van der Waals surface area contributed by atoms with E-state index in [0.29, 0.717) is 47.2 Å². The third kappa shape index (κ3) is 5.78. The van der Waals surface area contributed by atoms with Crippen LogP contribution in [0.4, 0.5) is 15.6 Å². The first-order valence-corrected chi connectivity index (χ1v) is 12.1. The largest absolute Gasteiger partial charge is 0.497 e. The van der Waals surface area contributed by atoms with Crippen LogP contribution in [-0.4, -0.2) is 47.4 Å². The number of ether oxygens (including phenoxy) is 1. The van der Waals surface area contributed by atoms with Crippen molar-refractivity contribution in [2.24, 2.45) is 0 Å². The molecule has 1 aliphatic rings. The average molecular weight is 494 g/mol. The lowest BCUT2D eigenvalue weighted by Gasteiger charge is -2.26. The first kappa shape index (κ1) is 24.2. The van der Waals surface area contributed by atoms with Crippen LogP contribution in [0.1, 0.15) is 45.1 Å². The van der Waals surface area contributed by atoms with Gasteiger partial charge in [0.15, 0.2) is 5.13 Å². The van der Waals surface area contributed by atoms with Crippen LogP contribution in [0.2, 0.25) is 0 Å². The number of benzene rings is 2. The van der Waals surface area contributed by atoms with Crippen molar-refractivity contribution in [2.75, 3.05) is 24.3 Å². The number of carbonyl (C=O) groups excluding carboxylic acids is 3. The molecule has 3 aromatic rings. The molecule has 9 nitrogen and oxygen atoms in total. The highest BCUT2D eigenvalue weighted by atomic mass is 32.1. The summed E-state index contributed by atoms with van der Waals surface area (Å²) >= 11 is 1.34. The van der Waals surface area contributed by atoms with Crippen molar-refractivity contribution >= 4 is 40.0 Å². The molecule has 4 rings (SSSR count). The molecule has 35 heavy (non-hydrogen) atoms. The second-order valence-corrected chi connectivity index (χ2v) is 9.43. The number of para-hydroxylation sites is 1. The van der Waals surface area contributed by atoms with E-state index >= 15 is 0 Å². The summed E-state index contributed by atoms with van der Waals surface area (Å²) in [7, 11) is 1.58. The molecule has 0 spiro atoms. The quantitative estimate of drug-likeness (QED) is 0.478. The van der Waals surface area contributed by atoms with Gasteiger partial charge in [0.25, 0.3) is 11.8 Å². The van der Waals surface area contributed by atoms with E-state index in [-0.39, 0.29) is 17.9 Å². The van der Waals surface area contributed by atoms with E-state index in [1.807, 2.05) is 13.8 Å². The minimum absolute atomic E-state index is 0.0258. The van der Waals surface area contributed by atoms with Gasteiger partial charge in [0, 0.05) is 29.4 Å². The maximum atomic E-state index is 12.9. The number of anilines is 2. The molecule has 182 valence electrons. The minimum atomic E-state index is -0.493. The molecule has 0 radical (unpaired) electrons. The number of hydrogen-bond acceptors (Lipinski definition) is 6. The van der Waals surface area contributed by atoms with Crippen molar-refractivity contribution in [3.05, 3.63) is 70.2 Å². The Morgan fingerprint density at radius 1 is 1.06 bits per heavy atom. The second kappa shape index (κ2) is 10.6. The summed E-state index contributed by atoms with van der Waals surface area (Å²) in [6.45, 7) is 4.72. The number of nitrogens with zero attached hydrogens (tertiary/aromatic N) is 2. The Labute approximate surface area is 207 Å². The topological polar surface area (TPSA) is 113 Å². The number of methoxy groups -OCH3 is 1. The number of hydrogen-bond donors (Lipinski definition) is 3. The minimum Gasteiger partial charge on any atom is -0.497 e. The number of rotatable bonds is 6. The Hall–Kier alpha value is -3.92. The maximum absolute atomic E-state index is 12.9.